The second kappa shape index (κ2) is 6.53. The number of benzene rings is 1. The molecule has 0 spiro atoms. The van der Waals surface area contributed by atoms with Crippen molar-refractivity contribution in [3.8, 4) is 0 Å². The van der Waals surface area contributed by atoms with E-state index in [2.05, 4.69) is 39.9 Å². The van der Waals surface area contributed by atoms with Gasteiger partial charge in [0.25, 0.3) is 0 Å². The smallest absolute Gasteiger partial charge is 0.107 e. The highest BCUT2D eigenvalue weighted by Crippen LogP contribution is 2.37. The summed E-state index contributed by atoms with van der Waals surface area (Å²) in [4.78, 5) is 0. The van der Waals surface area contributed by atoms with Crippen LogP contribution in [-0.2, 0) is 5.60 Å². The van der Waals surface area contributed by atoms with Gasteiger partial charge in [-0.15, -0.1) is 0 Å². The fourth-order valence-electron chi connectivity index (χ4n) is 2.81. The number of hydrogen-bond acceptors (Lipinski definition) is 2. The quantitative estimate of drug-likeness (QED) is 0.783. The second-order valence-corrected chi connectivity index (χ2v) is 6.25. The Kier molecular flexibility index (Phi) is 5.57. The maximum absolute atomic E-state index is 11.3. The Morgan fingerprint density at radius 2 is 1.74 bits per heavy atom. The van der Waals surface area contributed by atoms with Crippen molar-refractivity contribution >= 4 is 0 Å². The van der Waals surface area contributed by atoms with Gasteiger partial charge in [0.05, 0.1) is 0 Å². The lowest BCUT2D eigenvalue weighted by Crippen LogP contribution is -2.59. The van der Waals surface area contributed by atoms with E-state index in [0.717, 1.165) is 24.8 Å². The molecule has 0 aliphatic rings. The van der Waals surface area contributed by atoms with Gasteiger partial charge in [-0.05, 0) is 25.8 Å². The molecule has 1 unspecified atom stereocenters. The van der Waals surface area contributed by atoms with Gasteiger partial charge >= 0.3 is 0 Å². The van der Waals surface area contributed by atoms with E-state index in [9.17, 15) is 5.11 Å². The average molecular weight is 263 g/mol. The van der Waals surface area contributed by atoms with Crippen LogP contribution in [0.5, 0.6) is 0 Å². The largest absolute Gasteiger partial charge is 0.383 e. The van der Waals surface area contributed by atoms with Crippen LogP contribution in [0.1, 0.15) is 59.4 Å². The highest BCUT2D eigenvalue weighted by atomic mass is 16.3. The maximum atomic E-state index is 11.3. The minimum absolute atomic E-state index is 0.340. The van der Waals surface area contributed by atoms with Crippen molar-refractivity contribution < 1.29 is 5.11 Å². The highest BCUT2D eigenvalue weighted by molar-refractivity contribution is 5.26. The molecule has 0 aliphatic carbocycles. The third-order valence-corrected chi connectivity index (χ3v) is 3.83. The van der Waals surface area contributed by atoms with Crippen LogP contribution in [0.2, 0.25) is 0 Å². The molecule has 2 nitrogen and oxygen atoms in total. The fourth-order valence-corrected chi connectivity index (χ4v) is 2.81. The van der Waals surface area contributed by atoms with E-state index in [1.165, 1.54) is 0 Å². The lowest BCUT2D eigenvalue weighted by molar-refractivity contribution is -0.0558. The van der Waals surface area contributed by atoms with Crippen molar-refractivity contribution in [2.24, 2.45) is 0 Å². The molecule has 1 aromatic rings. The van der Waals surface area contributed by atoms with E-state index in [4.69, 9.17) is 0 Å². The van der Waals surface area contributed by atoms with Crippen LogP contribution in [0.15, 0.2) is 30.3 Å². The third kappa shape index (κ3) is 3.80. The molecule has 0 bridgehead atoms. The van der Waals surface area contributed by atoms with E-state index in [0.29, 0.717) is 6.04 Å². The van der Waals surface area contributed by atoms with Crippen molar-refractivity contribution in [2.75, 3.05) is 0 Å². The van der Waals surface area contributed by atoms with Crippen LogP contribution < -0.4 is 5.32 Å². The number of unbranched alkanes of at least 4 members (excludes halogenated alkanes) is 1. The predicted molar refractivity (Wildman–Crippen MR) is 82.2 cm³/mol. The summed E-state index contributed by atoms with van der Waals surface area (Å²) in [6, 6.07) is 10.4. The van der Waals surface area contributed by atoms with Gasteiger partial charge in [0, 0.05) is 11.6 Å². The van der Waals surface area contributed by atoms with Crippen LogP contribution in [-0.4, -0.2) is 16.7 Å². The zero-order chi connectivity index (χ0) is 14.5. The van der Waals surface area contributed by atoms with Crippen LogP contribution in [0.3, 0.4) is 0 Å². The summed E-state index contributed by atoms with van der Waals surface area (Å²) in [5.41, 5.74) is -0.201. The summed E-state index contributed by atoms with van der Waals surface area (Å²) >= 11 is 0. The molecule has 0 aliphatic heterocycles. The topological polar surface area (TPSA) is 32.3 Å². The SMILES string of the molecule is CCCCC(O)(c1ccccc1)C(C)(C)NC(C)C. The summed E-state index contributed by atoms with van der Waals surface area (Å²) in [5.74, 6) is 0. The number of nitrogens with one attached hydrogen (secondary N) is 1. The fraction of sp³-hybridized carbons (Fsp3) is 0.647. The molecule has 1 aromatic carbocycles. The van der Waals surface area contributed by atoms with E-state index in [1.807, 2.05) is 30.3 Å². The monoisotopic (exact) mass is 263 g/mol. The van der Waals surface area contributed by atoms with E-state index < -0.39 is 5.60 Å². The first kappa shape index (κ1) is 16.2. The molecule has 0 saturated heterocycles. The van der Waals surface area contributed by atoms with Crippen LogP contribution >= 0.6 is 0 Å². The van der Waals surface area contributed by atoms with Crippen LogP contribution in [0.4, 0.5) is 0 Å². The van der Waals surface area contributed by atoms with Gasteiger partial charge in [0.15, 0.2) is 0 Å². The Balaban J connectivity index is 3.12. The van der Waals surface area contributed by atoms with Gasteiger partial charge in [-0.1, -0.05) is 63.9 Å². The van der Waals surface area contributed by atoms with Crippen molar-refractivity contribution in [2.45, 2.75) is 71.1 Å². The molecule has 2 heteroatoms. The summed E-state index contributed by atoms with van der Waals surface area (Å²) in [6.07, 6.45) is 2.89. The summed E-state index contributed by atoms with van der Waals surface area (Å²) in [7, 11) is 0. The summed E-state index contributed by atoms with van der Waals surface area (Å²) in [5, 5.41) is 14.8. The molecule has 0 heterocycles. The van der Waals surface area contributed by atoms with Gasteiger partial charge < -0.3 is 10.4 Å². The maximum Gasteiger partial charge on any atom is 0.107 e. The van der Waals surface area contributed by atoms with E-state index >= 15 is 0 Å². The standard InChI is InChI=1S/C17H29NO/c1-6-7-13-17(19,15-11-9-8-10-12-15)16(4,5)18-14(2)3/h8-12,14,18-19H,6-7,13H2,1-5H3. The molecule has 108 valence electrons. The Bertz CT molecular complexity index is 372. The molecule has 0 radical (unpaired) electrons. The van der Waals surface area contributed by atoms with Gasteiger partial charge in [-0.3, -0.25) is 0 Å². The lowest BCUT2D eigenvalue weighted by Gasteiger charge is -2.45. The van der Waals surface area contributed by atoms with Crippen LogP contribution in [0, 0.1) is 0 Å². The average Bonchev–Trinajstić information content (AvgIpc) is 2.35. The number of aliphatic hydroxyl groups is 1. The Labute approximate surface area is 118 Å². The second-order valence-electron chi connectivity index (χ2n) is 6.25. The van der Waals surface area contributed by atoms with Crippen molar-refractivity contribution in [3.05, 3.63) is 35.9 Å². The molecule has 0 saturated carbocycles. The van der Waals surface area contributed by atoms with Gasteiger partial charge in [-0.25, -0.2) is 0 Å². The van der Waals surface area contributed by atoms with Crippen molar-refractivity contribution in [3.63, 3.8) is 0 Å². The van der Waals surface area contributed by atoms with Gasteiger partial charge in [0.1, 0.15) is 5.60 Å². The Morgan fingerprint density at radius 1 is 1.16 bits per heavy atom. The summed E-state index contributed by atoms with van der Waals surface area (Å²) in [6.45, 7) is 10.6. The van der Waals surface area contributed by atoms with Gasteiger partial charge in [-0.2, -0.15) is 0 Å². The predicted octanol–water partition coefficient (Wildman–Crippen LogP) is 3.84. The Hall–Kier alpha value is -0.860. The molecule has 19 heavy (non-hydrogen) atoms. The number of rotatable bonds is 7. The molecule has 1 atom stereocenters. The first-order valence-corrected chi connectivity index (χ1v) is 7.39. The van der Waals surface area contributed by atoms with E-state index in [1.54, 1.807) is 0 Å². The van der Waals surface area contributed by atoms with E-state index in [-0.39, 0.29) is 5.54 Å². The summed E-state index contributed by atoms with van der Waals surface area (Å²) < 4.78 is 0. The normalized spacial score (nSPS) is 15.5. The minimum Gasteiger partial charge on any atom is -0.383 e. The third-order valence-electron chi connectivity index (χ3n) is 3.83. The molecular weight excluding hydrogens is 234 g/mol. The van der Waals surface area contributed by atoms with Gasteiger partial charge in [0.2, 0.25) is 0 Å². The lowest BCUT2D eigenvalue weighted by atomic mass is 9.73. The zero-order valence-electron chi connectivity index (χ0n) is 13.0. The molecule has 0 fully saturated rings. The van der Waals surface area contributed by atoms with Crippen molar-refractivity contribution in [1.29, 1.82) is 0 Å². The molecule has 2 N–H and O–H groups in total. The van der Waals surface area contributed by atoms with Crippen LogP contribution in [0.25, 0.3) is 0 Å². The minimum atomic E-state index is -0.839. The molecule has 1 rings (SSSR count). The number of hydrogen-bond donors (Lipinski definition) is 2. The molecule has 0 amide bonds. The zero-order valence-corrected chi connectivity index (χ0v) is 13.0. The first-order valence-electron chi connectivity index (χ1n) is 7.39. The highest BCUT2D eigenvalue weighted by Gasteiger charge is 2.44. The molecule has 0 aromatic heterocycles. The Morgan fingerprint density at radius 3 is 2.21 bits per heavy atom. The first-order chi connectivity index (χ1) is 8.83. The molecular formula is C17H29NO. The van der Waals surface area contributed by atoms with Crippen molar-refractivity contribution in [1.82, 2.24) is 5.32 Å².